The fourth-order valence-corrected chi connectivity index (χ4v) is 2.25. The molecular weight excluding hydrogens is 200 g/mol. The van der Waals surface area contributed by atoms with Crippen LogP contribution in [-0.2, 0) is 4.79 Å². The Morgan fingerprint density at radius 1 is 1.44 bits per heavy atom. The molecule has 1 fully saturated rings. The first kappa shape index (κ1) is 13.0. The van der Waals surface area contributed by atoms with Gasteiger partial charge in [0.05, 0.1) is 6.07 Å². The summed E-state index contributed by atoms with van der Waals surface area (Å²) < 4.78 is 0. The summed E-state index contributed by atoms with van der Waals surface area (Å²) in [6, 6.07) is 2.21. The van der Waals surface area contributed by atoms with Gasteiger partial charge in [-0.3, -0.25) is 4.79 Å². The van der Waals surface area contributed by atoms with Crippen molar-refractivity contribution in [2.45, 2.75) is 52.4 Å². The fraction of sp³-hybridized carbons (Fsp3) is 0.846. The lowest BCUT2D eigenvalue weighted by atomic mass is 9.87. The summed E-state index contributed by atoms with van der Waals surface area (Å²) in [5, 5.41) is 12.0. The molecule has 0 aromatic heterocycles. The number of nitrogens with one attached hydrogen (secondary N) is 1. The van der Waals surface area contributed by atoms with Gasteiger partial charge in [0.1, 0.15) is 5.41 Å². The van der Waals surface area contributed by atoms with Gasteiger partial charge in [0.15, 0.2) is 0 Å². The SMILES string of the molecule is CC(C)CCCNC(=O)C1(C#N)CCCC1. The molecule has 1 aliphatic rings. The molecule has 0 radical (unpaired) electrons. The minimum Gasteiger partial charge on any atom is -0.355 e. The zero-order valence-corrected chi connectivity index (χ0v) is 10.4. The third-order valence-corrected chi connectivity index (χ3v) is 3.35. The summed E-state index contributed by atoms with van der Waals surface area (Å²) >= 11 is 0. The molecule has 0 bridgehead atoms. The Bertz CT molecular complexity index is 272. The number of nitriles is 1. The Morgan fingerprint density at radius 3 is 2.56 bits per heavy atom. The van der Waals surface area contributed by atoms with Gasteiger partial charge < -0.3 is 5.32 Å². The monoisotopic (exact) mass is 222 g/mol. The van der Waals surface area contributed by atoms with Crippen molar-refractivity contribution in [2.75, 3.05) is 6.54 Å². The Morgan fingerprint density at radius 2 is 2.06 bits per heavy atom. The van der Waals surface area contributed by atoms with Crippen LogP contribution in [0.5, 0.6) is 0 Å². The molecule has 0 saturated heterocycles. The molecule has 1 N–H and O–H groups in total. The summed E-state index contributed by atoms with van der Waals surface area (Å²) in [6.07, 6.45) is 5.61. The second-order valence-corrected chi connectivity index (χ2v) is 5.19. The topological polar surface area (TPSA) is 52.9 Å². The summed E-state index contributed by atoms with van der Waals surface area (Å²) in [5.74, 6) is 0.629. The molecule has 90 valence electrons. The van der Waals surface area contributed by atoms with E-state index in [0.717, 1.165) is 38.5 Å². The Labute approximate surface area is 98.2 Å². The maximum atomic E-state index is 11.9. The van der Waals surface area contributed by atoms with Crippen LogP contribution in [0.1, 0.15) is 52.4 Å². The van der Waals surface area contributed by atoms with Gasteiger partial charge in [-0.2, -0.15) is 5.26 Å². The smallest absolute Gasteiger partial charge is 0.240 e. The average Bonchev–Trinajstić information content (AvgIpc) is 2.73. The van der Waals surface area contributed by atoms with Crippen molar-refractivity contribution < 1.29 is 4.79 Å². The highest BCUT2D eigenvalue weighted by atomic mass is 16.2. The third kappa shape index (κ3) is 3.23. The Kier molecular flexibility index (Phi) is 4.79. The van der Waals surface area contributed by atoms with Gasteiger partial charge in [-0.05, 0) is 31.6 Å². The quantitative estimate of drug-likeness (QED) is 0.727. The standard InChI is InChI=1S/C13H22N2O/c1-11(2)6-5-9-15-12(16)13(10-14)7-3-4-8-13/h11H,3-9H2,1-2H3,(H,15,16). The van der Waals surface area contributed by atoms with Gasteiger partial charge >= 0.3 is 0 Å². The van der Waals surface area contributed by atoms with Crippen molar-refractivity contribution in [3.8, 4) is 6.07 Å². The lowest BCUT2D eigenvalue weighted by molar-refractivity contribution is -0.127. The summed E-state index contributed by atoms with van der Waals surface area (Å²) in [4.78, 5) is 11.9. The molecule has 1 rings (SSSR count). The summed E-state index contributed by atoms with van der Waals surface area (Å²) in [5.41, 5.74) is -0.710. The molecule has 16 heavy (non-hydrogen) atoms. The third-order valence-electron chi connectivity index (χ3n) is 3.35. The van der Waals surface area contributed by atoms with Crippen LogP contribution in [0.2, 0.25) is 0 Å². The molecule has 0 unspecified atom stereocenters. The number of carbonyl (C=O) groups is 1. The molecule has 0 spiro atoms. The van der Waals surface area contributed by atoms with Crippen LogP contribution < -0.4 is 5.32 Å². The highest BCUT2D eigenvalue weighted by Crippen LogP contribution is 2.37. The minimum absolute atomic E-state index is 0.0451. The van der Waals surface area contributed by atoms with Crippen LogP contribution in [0.3, 0.4) is 0 Å². The zero-order valence-electron chi connectivity index (χ0n) is 10.4. The molecular formula is C13H22N2O. The lowest BCUT2D eigenvalue weighted by Gasteiger charge is -2.19. The number of hydrogen-bond acceptors (Lipinski definition) is 2. The first-order valence-electron chi connectivity index (χ1n) is 6.30. The van der Waals surface area contributed by atoms with Crippen molar-refractivity contribution in [3.63, 3.8) is 0 Å². The molecule has 1 amide bonds. The second kappa shape index (κ2) is 5.89. The van der Waals surface area contributed by atoms with E-state index in [4.69, 9.17) is 5.26 Å². The average molecular weight is 222 g/mol. The number of nitrogens with zero attached hydrogens (tertiary/aromatic N) is 1. The van der Waals surface area contributed by atoms with Crippen molar-refractivity contribution in [2.24, 2.45) is 11.3 Å². The van der Waals surface area contributed by atoms with Crippen LogP contribution in [0.25, 0.3) is 0 Å². The molecule has 0 heterocycles. The van der Waals surface area contributed by atoms with Crippen LogP contribution in [-0.4, -0.2) is 12.5 Å². The van der Waals surface area contributed by atoms with Gasteiger partial charge in [-0.1, -0.05) is 26.7 Å². The Hall–Kier alpha value is -1.04. The van der Waals surface area contributed by atoms with E-state index >= 15 is 0 Å². The summed E-state index contributed by atoms with van der Waals surface area (Å²) in [7, 11) is 0. The molecule has 1 saturated carbocycles. The van der Waals surface area contributed by atoms with E-state index in [-0.39, 0.29) is 5.91 Å². The molecule has 0 atom stereocenters. The largest absolute Gasteiger partial charge is 0.355 e. The predicted octanol–water partition coefficient (Wildman–Crippen LogP) is 2.62. The number of carbonyl (C=O) groups excluding carboxylic acids is 1. The van der Waals surface area contributed by atoms with E-state index in [9.17, 15) is 4.79 Å². The van der Waals surface area contributed by atoms with Crippen LogP contribution in [0, 0.1) is 22.7 Å². The number of hydrogen-bond donors (Lipinski definition) is 1. The van der Waals surface area contributed by atoms with E-state index in [0.29, 0.717) is 12.5 Å². The van der Waals surface area contributed by atoms with Gasteiger partial charge in [0, 0.05) is 6.54 Å². The second-order valence-electron chi connectivity index (χ2n) is 5.19. The molecule has 1 aliphatic carbocycles. The van der Waals surface area contributed by atoms with Gasteiger partial charge in [0.25, 0.3) is 0 Å². The fourth-order valence-electron chi connectivity index (χ4n) is 2.25. The molecule has 3 heteroatoms. The predicted molar refractivity (Wildman–Crippen MR) is 63.6 cm³/mol. The molecule has 3 nitrogen and oxygen atoms in total. The normalized spacial score (nSPS) is 18.4. The lowest BCUT2D eigenvalue weighted by Crippen LogP contribution is -2.38. The van der Waals surface area contributed by atoms with Crippen molar-refractivity contribution >= 4 is 5.91 Å². The minimum atomic E-state index is -0.710. The highest BCUT2D eigenvalue weighted by molar-refractivity contribution is 5.85. The first-order chi connectivity index (χ1) is 7.60. The molecule has 0 aromatic rings. The summed E-state index contributed by atoms with van der Waals surface area (Å²) in [6.45, 7) is 5.06. The van der Waals surface area contributed by atoms with Crippen molar-refractivity contribution in [3.05, 3.63) is 0 Å². The first-order valence-corrected chi connectivity index (χ1v) is 6.30. The maximum Gasteiger partial charge on any atom is 0.240 e. The number of amides is 1. The van der Waals surface area contributed by atoms with Crippen molar-refractivity contribution in [1.29, 1.82) is 5.26 Å². The van der Waals surface area contributed by atoms with Crippen molar-refractivity contribution in [1.82, 2.24) is 5.32 Å². The highest BCUT2D eigenvalue weighted by Gasteiger charge is 2.41. The van der Waals surface area contributed by atoms with E-state index in [1.54, 1.807) is 0 Å². The molecule has 0 aromatic carbocycles. The van der Waals surface area contributed by atoms with Crippen LogP contribution in [0.4, 0.5) is 0 Å². The van der Waals surface area contributed by atoms with E-state index in [2.05, 4.69) is 25.2 Å². The van der Waals surface area contributed by atoms with E-state index in [1.165, 1.54) is 0 Å². The van der Waals surface area contributed by atoms with E-state index in [1.807, 2.05) is 0 Å². The maximum absolute atomic E-state index is 11.9. The van der Waals surface area contributed by atoms with Gasteiger partial charge in [-0.15, -0.1) is 0 Å². The zero-order chi connectivity index (χ0) is 12.0. The van der Waals surface area contributed by atoms with Gasteiger partial charge in [-0.25, -0.2) is 0 Å². The molecule has 0 aliphatic heterocycles. The van der Waals surface area contributed by atoms with E-state index < -0.39 is 5.41 Å². The van der Waals surface area contributed by atoms with Crippen LogP contribution in [0.15, 0.2) is 0 Å². The Balaban J connectivity index is 2.31. The van der Waals surface area contributed by atoms with Gasteiger partial charge in [0.2, 0.25) is 5.91 Å². The number of rotatable bonds is 5. The van der Waals surface area contributed by atoms with Crippen LogP contribution >= 0.6 is 0 Å².